The normalized spacial score (nSPS) is 19.2. The average molecular weight is 232 g/mol. The first-order chi connectivity index (χ1) is 7.48. The standard InChI is InChI=1S/C11H11F3O2/c12-11(13,14)9-3-1-2-8(4-9)10(5-15)6-16-7-10/h1-4,15H,5-7H2. The summed E-state index contributed by atoms with van der Waals surface area (Å²) in [4.78, 5) is 0. The zero-order valence-electron chi connectivity index (χ0n) is 8.42. The van der Waals surface area contributed by atoms with Crippen LogP contribution in [-0.4, -0.2) is 24.9 Å². The summed E-state index contributed by atoms with van der Waals surface area (Å²) >= 11 is 0. The summed E-state index contributed by atoms with van der Waals surface area (Å²) in [5.41, 5.74) is -0.859. The zero-order chi connectivity index (χ0) is 11.8. The van der Waals surface area contributed by atoms with E-state index in [1.54, 1.807) is 6.07 Å². The summed E-state index contributed by atoms with van der Waals surface area (Å²) < 4.78 is 42.4. The van der Waals surface area contributed by atoms with E-state index < -0.39 is 17.2 Å². The van der Waals surface area contributed by atoms with E-state index in [1.165, 1.54) is 6.07 Å². The van der Waals surface area contributed by atoms with Crippen LogP contribution in [-0.2, 0) is 16.3 Å². The Morgan fingerprint density at radius 1 is 1.31 bits per heavy atom. The van der Waals surface area contributed by atoms with Gasteiger partial charge in [-0.05, 0) is 11.6 Å². The SMILES string of the molecule is OCC1(c2cccc(C(F)(F)F)c2)COC1. The van der Waals surface area contributed by atoms with Crippen molar-refractivity contribution in [3.63, 3.8) is 0 Å². The van der Waals surface area contributed by atoms with Gasteiger partial charge in [0.1, 0.15) is 0 Å². The van der Waals surface area contributed by atoms with Crippen molar-refractivity contribution in [3.05, 3.63) is 35.4 Å². The molecule has 1 aliphatic heterocycles. The van der Waals surface area contributed by atoms with Crippen LogP contribution >= 0.6 is 0 Å². The van der Waals surface area contributed by atoms with Gasteiger partial charge in [0.15, 0.2) is 0 Å². The van der Waals surface area contributed by atoms with Gasteiger partial charge in [-0.15, -0.1) is 0 Å². The predicted octanol–water partition coefficient (Wildman–Crippen LogP) is 1.97. The third-order valence-corrected chi connectivity index (χ3v) is 2.86. The molecule has 1 aromatic carbocycles. The smallest absolute Gasteiger partial charge is 0.395 e. The Morgan fingerprint density at radius 2 is 2.00 bits per heavy atom. The van der Waals surface area contributed by atoms with Crippen molar-refractivity contribution in [2.24, 2.45) is 0 Å². The fourth-order valence-corrected chi connectivity index (χ4v) is 1.72. The molecule has 0 amide bonds. The molecule has 0 saturated carbocycles. The van der Waals surface area contributed by atoms with Crippen molar-refractivity contribution >= 4 is 0 Å². The molecule has 16 heavy (non-hydrogen) atoms. The van der Waals surface area contributed by atoms with Gasteiger partial charge in [-0.3, -0.25) is 0 Å². The van der Waals surface area contributed by atoms with Crippen LogP contribution in [0.15, 0.2) is 24.3 Å². The van der Waals surface area contributed by atoms with Gasteiger partial charge in [-0.25, -0.2) is 0 Å². The topological polar surface area (TPSA) is 29.5 Å². The van der Waals surface area contributed by atoms with Crippen molar-refractivity contribution < 1.29 is 23.0 Å². The first-order valence-corrected chi connectivity index (χ1v) is 4.84. The number of hydrogen-bond donors (Lipinski definition) is 1. The Bertz CT molecular complexity index is 378. The Kier molecular flexibility index (Phi) is 2.67. The molecule has 0 bridgehead atoms. The van der Waals surface area contributed by atoms with Gasteiger partial charge in [0.25, 0.3) is 0 Å². The van der Waals surface area contributed by atoms with Gasteiger partial charge in [-0.1, -0.05) is 18.2 Å². The van der Waals surface area contributed by atoms with Crippen molar-refractivity contribution in [1.29, 1.82) is 0 Å². The van der Waals surface area contributed by atoms with Crippen molar-refractivity contribution in [2.45, 2.75) is 11.6 Å². The second kappa shape index (κ2) is 3.75. The average Bonchev–Trinajstić information content (AvgIpc) is 2.16. The van der Waals surface area contributed by atoms with Crippen LogP contribution in [0.1, 0.15) is 11.1 Å². The number of aliphatic hydroxyl groups is 1. The molecule has 0 aromatic heterocycles. The Labute approximate surface area is 90.7 Å². The number of benzene rings is 1. The summed E-state index contributed by atoms with van der Waals surface area (Å²) in [5, 5.41) is 9.22. The second-order valence-electron chi connectivity index (χ2n) is 4.01. The molecule has 0 spiro atoms. The molecular weight excluding hydrogens is 221 g/mol. The van der Waals surface area contributed by atoms with Crippen LogP contribution in [0.5, 0.6) is 0 Å². The minimum atomic E-state index is -4.35. The molecular formula is C11H11F3O2. The second-order valence-corrected chi connectivity index (χ2v) is 4.01. The first kappa shape index (κ1) is 11.4. The summed E-state index contributed by atoms with van der Waals surface area (Å²) in [6.45, 7) is 0.337. The van der Waals surface area contributed by atoms with Crippen molar-refractivity contribution in [3.8, 4) is 0 Å². The first-order valence-electron chi connectivity index (χ1n) is 4.84. The molecule has 1 aromatic rings. The molecule has 1 aliphatic rings. The lowest BCUT2D eigenvalue weighted by atomic mass is 9.79. The van der Waals surface area contributed by atoms with E-state index in [1.807, 2.05) is 0 Å². The molecule has 0 radical (unpaired) electrons. The lowest BCUT2D eigenvalue weighted by Crippen LogP contribution is -2.49. The fourth-order valence-electron chi connectivity index (χ4n) is 1.72. The molecule has 1 heterocycles. The van der Waals surface area contributed by atoms with E-state index in [0.29, 0.717) is 5.56 Å². The molecule has 1 fully saturated rings. The van der Waals surface area contributed by atoms with Gasteiger partial charge in [0.05, 0.1) is 30.8 Å². The Balaban J connectivity index is 2.36. The fraction of sp³-hybridized carbons (Fsp3) is 0.455. The molecule has 1 N–H and O–H groups in total. The summed E-state index contributed by atoms with van der Waals surface area (Å²) in [6, 6.07) is 5.05. The summed E-state index contributed by atoms with van der Waals surface area (Å²) in [6.07, 6.45) is -4.35. The number of alkyl halides is 3. The highest BCUT2D eigenvalue weighted by molar-refractivity contribution is 5.33. The van der Waals surface area contributed by atoms with Crippen LogP contribution in [0.3, 0.4) is 0 Å². The van der Waals surface area contributed by atoms with E-state index in [-0.39, 0.29) is 19.8 Å². The molecule has 2 nitrogen and oxygen atoms in total. The minimum Gasteiger partial charge on any atom is -0.395 e. The maximum absolute atomic E-state index is 12.5. The highest BCUT2D eigenvalue weighted by Crippen LogP contribution is 2.36. The van der Waals surface area contributed by atoms with Crippen LogP contribution in [0, 0.1) is 0 Å². The van der Waals surface area contributed by atoms with Crippen LogP contribution in [0.25, 0.3) is 0 Å². The van der Waals surface area contributed by atoms with E-state index >= 15 is 0 Å². The highest BCUT2D eigenvalue weighted by Gasteiger charge is 2.41. The van der Waals surface area contributed by atoms with Gasteiger partial charge in [0, 0.05) is 0 Å². The van der Waals surface area contributed by atoms with Gasteiger partial charge in [-0.2, -0.15) is 13.2 Å². The quantitative estimate of drug-likeness (QED) is 0.844. The number of aliphatic hydroxyl groups excluding tert-OH is 1. The summed E-state index contributed by atoms with van der Waals surface area (Å²) in [7, 11) is 0. The maximum atomic E-state index is 12.5. The molecule has 0 aliphatic carbocycles. The zero-order valence-corrected chi connectivity index (χ0v) is 8.42. The molecule has 0 unspecified atom stereocenters. The minimum absolute atomic E-state index is 0.200. The molecule has 88 valence electrons. The van der Waals surface area contributed by atoms with E-state index in [9.17, 15) is 18.3 Å². The van der Waals surface area contributed by atoms with Crippen LogP contribution in [0.4, 0.5) is 13.2 Å². The lowest BCUT2D eigenvalue weighted by Gasteiger charge is -2.40. The van der Waals surface area contributed by atoms with Crippen molar-refractivity contribution in [2.75, 3.05) is 19.8 Å². The van der Waals surface area contributed by atoms with E-state index in [2.05, 4.69) is 0 Å². The van der Waals surface area contributed by atoms with Crippen LogP contribution < -0.4 is 0 Å². The molecule has 0 atom stereocenters. The van der Waals surface area contributed by atoms with E-state index in [4.69, 9.17) is 4.74 Å². The van der Waals surface area contributed by atoms with Gasteiger partial charge in [0.2, 0.25) is 0 Å². The predicted molar refractivity (Wildman–Crippen MR) is 51.0 cm³/mol. The largest absolute Gasteiger partial charge is 0.416 e. The van der Waals surface area contributed by atoms with E-state index in [0.717, 1.165) is 12.1 Å². The van der Waals surface area contributed by atoms with Crippen molar-refractivity contribution in [1.82, 2.24) is 0 Å². The highest BCUT2D eigenvalue weighted by atomic mass is 19.4. The number of ether oxygens (including phenoxy) is 1. The third-order valence-electron chi connectivity index (χ3n) is 2.86. The number of rotatable bonds is 2. The molecule has 1 saturated heterocycles. The Morgan fingerprint density at radius 3 is 2.44 bits per heavy atom. The number of halogens is 3. The molecule has 5 heteroatoms. The maximum Gasteiger partial charge on any atom is 0.416 e. The Hall–Kier alpha value is -1.07. The molecule has 2 rings (SSSR count). The lowest BCUT2D eigenvalue weighted by molar-refractivity contribution is -0.138. The summed E-state index contributed by atoms with van der Waals surface area (Å²) in [5.74, 6) is 0. The van der Waals surface area contributed by atoms with Gasteiger partial charge >= 0.3 is 6.18 Å². The monoisotopic (exact) mass is 232 g/mol. The number of hydrogen-bond acceptors (Lipinski definition) is 2. The third kappa shape index (κ3) is 1.81. The van der Waals surface area contributed by atoms with Gasteiger partial charge < -0.3 is 9.84 Å². The van der Waals surface area contributed by atoms with Crippen LogP contribution in [0.2, 0.25) is 0 Å².